The smallest absolute Gasteiger partial charge is 0.315 e. The van der Waals surface area contributed by atoms with Crippen LogP contribution in [0.15, 0.2) is 128 Å². The lowest BCUT2D eigenvalue weighted by Crippen LogP contribution is -2.44. The molecule has 3 amide bonds. The lowest BCUT2D eigenvalue weighted by Gasteiger charge is -2.32. The van der Waals surface area contributed by atoms with Gasteiger partial charge in [0.05, 0.1) is 54.2 Å². The molecular weight excluding hydrogens is 1980 g/mol. The number of hydrogen-bond acceptors (Lipinski definition) is 28. The number of ketones is 2. The van der Waals surface area contributed by atoms with Crippen molar-refractivity contribution in [3.63, 3.8) is 0 Å². The standard InChI is InChI=1S/C27H33ClN6OS.C24H27ClN4O3S.C21H21ClN4O2S.C20H20ClN5OS.C11H18N2O2S/c1-17-18(2)36-27-24(17)25(20-7-9-21(28)10-8-20)29-23(26-31-30-19(3)34(26)27)16-22(35)6-5-11-33-14-12-32(4)13-15-33;1-13-14(2)33-23-20(13)21(15-7-9-16(25)10-8-15)26-17(11-19(30)32-24(3,4)5)22-28-27-18(12-31-6)29(22)23;1-12-24-25-19-16(11-17(27)28-21(2,3)4)23-18(13-5-7-14(22)8-6-13)15-9-10-29-20(15)26(12)19;1-10-11(2)28-20-17(10)18(13-5-7-14(21)8-6-13)23-15(9-16(27)22-4)19-25-24-12(3)26(19)20;1-7(14)4-2-3-5-9-10-8(6-16-9)12-11(15)13-10/h7-10,23H,5-6,11-16H2,1-4H3;7-10,17H,11-12H2,1-6H3;5-10,16H,11H2,1-4H3;5-8,15H,9H2,1-4H3,(H,22,27);8-10H,2-6H2,1H3,(H2,12,13,15)/t23-;17-;16-;;8-,9-,10-/m000.0/s1. The number of piperazine rings is 1. The molecule has 15 heterocycles. The summed E-state index contributed by atoms with van der Waals surface area (Å²) in [5.74, 6) is 6.44. The van der Waals surface area contributed by atoms with Crippen LogP contribution in [0.2, 0.25) is 20.1 Å². The number of nitrogens with zero attached hydrogens (tertiary/aromatic N) is 18. The fourth-order valence-corrected chi connectivity index (χ4v) is 24.5. The van der Waals surface area contributed by atoms with Crippen molar-refractivity contribution in [2.45, 2.75) is 234 Å². The summed E-state index contributed by atoms with van der Waals surface area (Å²) in [6.07, 6.45) is 5.94. The summed E-state index contributed by atoms with van der Waals surface area (Å²) in [4.78, 5) is 101. The number of carbonyl (C=O) groups excluding carboxylic acids is 6. The molecule has 4 aromatic carbocycles. The number of nitrogens with one attached hydrogen (secondary N) is 3. The summed E-state index contributed by atoms with van der Waals surface area (Å²) in [6.45, 7) is 36.8. The van der Waals surface area contributed by atoms with Crippen molar-refractivity contribution in [2.75, 3.05) is 59.7 Å². The van der Waals surface area contributed by atoms with Crippen LogP contribution in [0.25, 0.3) is 20.0 Å². The Morgan fingerprint density at radius 2 is 0.880 bits per heavy atom. The van der Waals surface area contributed by atoms with E-state index >= 15 is 0 Å². The zero-order valence-electron chi connectivity index (χ0n) is 83.2. The Hall–Kier alpha value is -10.7. The number of hydrogen-bond donors (Lipinski definition) is 3. The summed E-state index contributed by atoms with van der Waals surface area (Å²) in [5, 5.41) is 52.8. The fourth-order valence-electron chi connectivity index (χ4n) is 17.9. The number of methoxy groups -OCH3 is 1. The molecule has 142 heavy (non-hydrogen) atoms. The monoisotopic (exact) mass is 2090 g/mol. The third kappa shape index (κ3) is 24.6. The first-order valence-electron chi connectivity index (χ1n) is 47.4. The van der Waals surface area contributed by atoms with Crippen LogP contribution >= 0.6 is 104 Å². The van der Waals surface area contributed by atoms with Crippen molar-refractivity contribution in [1.29, 1.82) is 0 Å². The van der Waals surface area contributed by atoms with Gasteiger partial charge >= 0.3 is 18.0 Å². The van der Waals surface area contributed by atoms with E-state index in [9.17, 15) is 28.8 Å². The molecule has 3 fully saturated rings. The Balaban J connectivity index is 0.000000136. The number of halogens is 4. The molecular formula is C103H119Cl4N21O9S5. The Morgan fingerprint density at radius 1 is 0.479 bits per heavy atom. The third-order valence-electron chi connectivity index (χ3n) is 25.3. The number of benzene rings is 4. The number of urea groups is 1. The normalized spacial score (nSPS) is 18.2. The van der Waals surface area contributed by atoms with E-state index in [1.54, 1.807) is 66.4 Å². The molecule has 39 heteroatoms. The minimum absolute atomic E-state index is 0.0240. The van der Waals surface area contributed by atoms with Crippen LogP contribution < -0.4 is 16.0 Å². The second kappa shape index (κ2) is 45.7. The maximum absolute atomic E-state index is 13.2. The van der Waals surface area contributed by atoms with E-state index in [4.69, 9.17) is 80.6 Å². The summed E-state index contributed by atoms with van der Waals surface area (Å²) < 4.78 is 24.7. The van der Waals surface area contributed by atoms with Crippen LogP contribution in [-0.2, 0) is 44.8 Å². The first-order valence-corrected chi connectivity index (χ1v) is 53.3. The summed E-state index contributed by atoms with van der Waals surface area (Å²) >= 11 is 33.1. The van der Waals surface area contributed by atoms with Gasteiger partial charge in [0.1, 0.15) is 91.0 Å². The maximum atomic E-state index is 13.2. The van der Waals surface area contributed by atoms with Gasteiger partial charge in [-0.2, -0.15) is 11.8 Å². The molecule has 0 aliphatic carbocycles. The number of aromatic nitrogens is 12. The highest BCUT2D eigenvalue weighted by molar-refractivity contribution is 8.00. The number of aliphatic imine (C=N–C) groups is 4. The average molecular weight is 2100 g/mol. The number of aryl methyl sites for hydroxylation is 6. The van der Waals surface area contributed by atoms with Gasteiger partial charge in [-0.1, -0.05) is 101 Å². The molecule has 30 nitrogen and oxygen atoms in total. The number of fused-ring (bicyclic) bond motifs is 13. The number of thiophene rings is 4. The predicted octanol–water partition coefficient (Wildman–Crippen LogP) is 20.3. The van der Waals surface area contributed by atoms with Crippen LogP contribution in [0.3, 0.4) is 0 Å². The Morgan fingerprint density at radius 3 is 1.31 bits per heavy atom. The topological polar surface area (TPSA) is 345 Å². The SMILES string of the molecule is CC(=O)CCCC[C@@H]1SC[C@@H]2NC(=O)N[C@@H]21.CNC(=O)CC1N=C(c2ccc(Cl)cc2)c2c(sc(C)c2C)-n2c(C)nnc21.COCc1nnc2n1-c1sc(C)c(C)c1C(c1ccc(Cl)cc1)=N[C@H]2CC(=O)OC(C)(C)C.Cc1nnc2n1-c1sccc1C(c1ccc(Cl)cc1)=N[C@H]2CC(=O)OC(C)(C)C.Cc1sc2c(c1C)C(c1ccc(Cl)cc1)=N[C@@H](CC(=O)CCCN1CCN(C)CC1)c1nnc(C)n1-2. The van der Waals surface area contributed by atoms with E-state index in [0.29, 0.717) is 80.0 Å². The highest BCUT2D eigenvalue weighted by Gasteiger charge is 2.44. The minimum Gasteiger partial charge on any atom is -0.460 e. The molecule has 1 unspecified atom stereocenters. The van der Waals surface area contributed by atoms with Gasteiger partial charge in [0, 0.05) is 150 Å². The number of rotatable bonds is 23. The molecule has 3 saturated heterocycles. The van der Waals surface area contributed by atoms with E-state index < -0.39 is 29.3 Å². The van der Waals surface area contributed by atoms with Crippen LogP contribution in [0, 0.1) is 62.3 Å². The Kier molecular flexibility index (Phi) is 34.0. The van der Waals surface area contributed by atoms with Crippen molar-refractivity contribution in [3.05, 3.63) is 251 Å². The maximum Gasteiger partial charge on any atom is 0.315 e. The number of unbranched alkanes of at least 4 members (excludes halogenated alkanes) is 1. The van der Waals surface area contributed by atoms with Gasteiger partial charge in [0.15, 0.2) is 29.1 Å². The number of carbonyl (C=O) groups is 6. The average Bonchev–Trinajstić information content (AvgIpc) is 1.59. The van der Waals surface area contributed by atoms with E-state index in [0.717, 1.165) is 180 Å². The van der Waals surface area contributed by atoms with Crippen molar-refractivity contribution in [1.82, 2.24) is 84.8 Å². The molecule has 0 bridgehead atoms. The Labute approximate surface area is 867 Å². The number of ether oxygens (including phenoxy) is 3. The molecule has 0 radical (unpaired) electrons. The van der Waals surface area contributed by atoms with Crippen LogP contribution in [0.5, 0.6) is 0 Å². The van der Waals surface area contributed by atoms with Crippen LogP contribution in [0.4, 0.5) is 4.79 Å². The third-order valence-corrected chi connectivity index (χ3v) is 32.3. The molecule has 748 valence electrons. The number of Topliss-reactive ketones (excluding diaryl/α,β-unsaturated/α-hetero) is 2. The summed E-state index contributed by atoms with van der Waals surface area (Å²) in [6, 6.07) is 31.3. The van der Waals surface area contributed by atoms with Gasteiger partial charge < -0.3 is 44.8 Å². The van der Waals surface area contributed by atoms with Crippen molar-refractivity contribution in [2.24, 2.45) is 20.0 Å². The number of amides is 3. The van der Waals surface area contributed by atoms with Gasteiger partial charge in [-0.05, 0) is 220 Å². The second-order valence-electron chi connectivity index (χ2n) is 38.1. The fraction of sp³-hybridized carbons (Fsp3) is 0.437. The van der Waals surface area contributed by atoms with Crippen molar-refractivity contribution >= 4 is 162 Å². The van der Waals surface area contributed by atoms with Gasteiger partial charge in [0.2, 0.25) is 5.91 Å². The van der Waals surface area contributed by atoms with Gasteiger partial charge in [-0.3, -0.25) is 57.4 Å². The number of thioether (sulfide) groups is 1. The Bertz CT molecular complexity index is 6780. The van der Waals surface area contributed by atoms with Crippen LogP contribution in [-0.4, -0.2) is 215 Å². The highest BCUT2D eigenvalue weighted by atomic mass is 35.5. The van der Waals surface area contributed by atoms with E-state index in [1.165, 1.54) is 25.8 Å². The number of esters is 2. The van der Waals surface area contributed by atoms with Crippen molar-refractivity contribution in [3.8, 4) is 20.0 Å². The quantitative estimate of drug-likeness (QED) is 0.0304. The molecule has 19 rings (SSSR count). The molecule has 7 aliphatic rings. The second-order valence-corrected chi connectivity index (χ2v) is 45.6. The molecule has 3 N–H and O–H groups in total. The molecule has 0 spiro atoms. The lowest BCUT2D eigenvalue weighted by molar-refractivity contribution is -0.156. The first-order chi connectivity index (χ1) is 67.7. The lowest BCUT2D eigenvalue weighted by atomic mass is 9.99. The number of likely N-dealkylation sites (N-methyl/N-ethyl adjacent to an activating group) is 1. The predicted molar refractivity (Wildman–Crippen MR) is 567 cm³/mol. The minimum atomic E-state index is -0.592. The van der Waals surface area contributed by atoms with E-state index in [2.05, 4.69) is 120 Å². The zero-order chi connectivity index (χ0) is 102. The first kappa shape index (κ1) is 106. The summed E-state index contributed by atoms with van der Waals surface area (Å²) in [7, 11) is 5.41. The summed E-state index contributed by atoms with van der Waals surface area (Å²) in [5.41, 5.74) is 13.6. The molecule has 7 atom stereocenters. The molecule has 12 aromatic rings. The molecule has 7 aliphatic heterocycles. The highest BCUT2D eigenvalue weighted by Crippen LogP contribution is 2.46. The van der Waals surface area contributed by atoms with Crippen molar-refractivity contribution < 1.29 is 43.0 Å². The van der Waals surface area contributed by atoms with Crippen LogP contribution in [0.1, 0.15) is 259 Å². The van der Waals surface area contributed by atoms with E-state index in [-0.39, 0.29) is 67.4 Å². The van der Waals surface area contributed by atoms with E-state index in [1.807, 2.05) is 196 Å². The van der Waals surface area contributed by atoms with Gasteiger partial charge in [-0.15, -0.1) is 86.1 Å². The molecule has 0 saturated carbocycles. The van der Waals surface area contributed by atoms with Gasteiger partial charge in [-0.25, -0.2) is 4.79 Å². The van der Waals surface area contributed by atoms with Gasteiger partial charge in [0.25, 0.3) is 0 Å². The zero-order valence-corrected chi connectivity index (χ0v) is 90.3. The largest absolute Gasteiger partial charge is 0.460 e. The molecule has 8 aromatic heterocycles.